The van der Waals surface area contributed by atoms with E-state index in [2.05, 4.69) is 5.32 Å². The maximum absolute atomic E-state index is 13.5. The Morgan fingerprint density at radius 2 is 2.00 bits per heavy atom. The Morgan fingerprint density at radius 1 is 1.15 bits per heavy atom. The molecule has 2 aromatic rings. The van der Waals surface area contributed by atoms with Crippen LogP contribution in [0.1, 0.15) is 17.5 Å². The van der Waals surface area contributed by atoms with Gasteiger partial charge >= 0.3 is 0 Å². The number of fused-ring (bicyclic) bond motifs is 1. The largest absolute Gasteiger partial charge is 0.489 e. The lowest BCUT2D eigenvalue weighted by atomic mass is 10.0. The third-order valence-electron chi connectivity index (χ3n) is 3.33. The normalized spacial score (nSPS) is 13.6. The van der Waals surface area contributed by atoms with E-state index < -0.39 is 0 Å². The highest BCUT2D eigenvalue weighted by molar-refractivity contribution is 5.94. The van der Waals surface area contributed by atoms with Crippen LogP contribution in [0.15, 0.2) is 42.5 Å². The second-order valence-electron chi connectivity index (χ2n) is 4.75. The summed E-state index contributed by atoms with van der Waals surface area (Å²) in [4.78, 5) is 11.4. The first kappa shape index (κ1) is 12.7. The molecule has 0 saturated carbocycles. The van der Waals surface area contributed by atoms with Gasteiger partial charge in [0, 0.05) is 23.7 Å². The fraction of sp³-hybridized carbons (Fsp3) is 0.188. The summed E-state index contributed by atoms with van der Waals surface area (Å²) in [5.41, 5.74) is 2.39. The van der Waals surface area contributed by atoms with E-state index in [4.69, 9.17) is 4.74 Å². The summed E-state index contributed by atoms with van der Waals surface area (Å²) < 4.78 is 19.1. The third kappa shape index (κ3) is 2.64. The first-order valence-corrected chi connectivity index (χ1v) is 6.51. The number of hydrogen-bond donors (Lipinski definition) is 1. The van der Waals surface area contributed by atoms with Gasteiger partial charge in [-0.2, -0.15) is 0 Å². The molecule has 0 aliphatic carbocycles. The van der Waals surface area contributed by atoms with Crippen LogP contribution < -0.4 is 10.1 Å². The number of ether oxygens (including phenoxy) is 1. The number of carbonyl (C=O) groups excluding carboxylic acids is 1. The summed E-state index contributed by atoms with van der Waals surface area (Å²) in [5.74, 6) is 0.358. The van der Waals surface area contributed by atoms with Crippen LogP contribution in [0, 0.1) is 5.82 Å². The molecule has 20 heavy (non-hydrogen) atoms. The van der Waals surface area contributed by atoms with Gasteiger partial charge in [-0.05, 0) is 24.1 Å². The zero-order valence-electron chi connectivity index (χ0n) is 10.9. The fourth-order valence-electron chi connectivity index (χ4n) is 2.22. The molecule has 3 nitrogen and oxygen atoms in total. The number of carbonyl (C=O) groups is 1. The second kappa shape index (κ2) is 5.33. The molecule has 4 heteroatoms. The molecule has 0 atom stereocenters. The number of nitrogens with one attached hydrogen (secondary N) is 1. The maximum atomic E-state index is 13.5. The van der Waals surface area contributed by atoms with Gasteiger partial charge in [-0.25, -0.2) is 4.39 Å². The van der Waals surface area contributed by atoms with Crippen LogP contribution in [-0.4, -0.2) is 5.91 Å². The van der Waals surface area contributed by atoms with E-state index in [1.165, 1.54) is 6.07 Å². The Labute approximate surface area is 116 Å². The van der Waals surface area contributed by atoms with Gasteiger partial charge in [0.1, 0.15) is 18.2 Å². The lowest BCUT2D eigenvalue weighted by molar-refractivity contribution is -0.116. The Kier molecular flexibility index (Phi) is 3.37. The Morgan fingerprint density at radius 3 is 2.85 bits per heavy atom. The van der Waals surface area contributed by atoms with Crippen molar-refractivity contribution >= 4 is 11.6 Å². The zero-order valence-corrected chi connectivity index (χ0v) is 10.9. The number of hydrogen-bond acceptors (Lipinski definition) is 2. The Bertz CT molecular complexity index is 655. The quantitative estimate of drug-likeness (QED) is 0.930. The van der Waals surface area contributed by atoms with E-state index in [0.717, 1.165) is 17.7 Å². The molecule has 1 heterocycles. The van der Waals surface area contributed by atoms with Gasteiger partial charge in [0.05, 0.1) is 0 Å². The van der Waals surface area contributed by atoms with Crippen molar-refractivity contribution in [3.8, 4) is 5.75 Å². The number of amides is 1. The van der Waals surface area contributed by atoms with Crippen molar-refractivity contribution < 1.29 is 13.9 Å². The van der Waals surface area contributed by atoms with Crippen molar-refractivity contribution in [3.05, 3.63) is 59.4 Å². The topological polar surface area (TPSA) is 38.3 Å². The van der Waals surface area contributed by atoms with Gasteiger partial charge in [-0.3, -0.25) is 4.79 Å². The van der Waals surface area contributed by atoms with Gasteiger partial charge in [-0.1, -0.05) is 24.3 Å². The minimum absolute atomic E-state index is 0.0174. The molecule has 2 aromatic carbocycles. The van der Waals surface area contributed by atoms with Gasteiger partial charge in [0.15, 0.2) is 0 Å². The molecule has 0 saturated heterocycles. The van der Waals surface area contributed by atoms with Crippen LogP contribution in [-0.2, 0) is 17.8 Å². The third-order valence-corrected chi connectivity index (χ3v) is 3.33. The van der Waals surface area contributed by atoms with Crippen molar-refractivity contribution in [2.24, 2.45) is 0 Å². The molecule has 3 rings (SSSR count). The molecule has 1 aliphatic heterocycles. The average molecular weight is 271 g/mol. The number of halogens is 1. The second-order valence-corrected chi connectivity index (χ2v) is 4.75. The van der Waals surface area contributed by atoms with Crippen molar-refractivity contribution in [3.63, 3.8) is 0 Å². The van der Waals surface area contributed by atoms with Gasteiger partial charge in [0.25, 0.3) is 0 Å². The van der Waals surface area contributed by atoms with Crippen LogP contribution in [0.3, 0.4) is 0 Å². The summed E-state index contributed by atoms with van der Waals surface area (Å²) >= 11 is 0. The minimum atomic E-state index is -0.279. The van der Waals surface area contributed by atoms with Crippen molar-refractivity contribution in [1.29, 1.82) is 0 Å². The number of aryl methyl sites for hydroxylation is 1. The summed E-state index contributed by atoms with van der Waals surface area (Å²) in [5, 5.41) is 2.82. The van der Waals surface area contributed by atoms with Crippen LogP contribution in [0.2, 0.25) is 0 Å². The van der Waals surface area contributed by atoms with Gasteiger partial charge < -0.3 is 10.1 Å². The smallest absolute Gasteiger partial charge is 0.224 e. The summed E-state index contributed by atoms with van der Waals surface area (Å²) in [6.07, 6.45) is 1.26. The van der Waals surface area contributed by atoms with E-state index in [1.54, 1.807) is 24.3 Å². The van der Waals surface area contributed by atoms with Crippen LogP contribution >= 0.6 is 0 Å². The first-order valence-electron chi connectivity index (χ1n) is 6.51. The lowest BCUT2D eigenvalue weighted by Crippen LogP contribution is -2.18. The zero-order chi connectivity index (χ0) is 13.9. The highest BCUT2D eigenvalue weighted by Crippen LogP contribution is 2.27. The molecule has 0 fully saturated rings. The molecule has 102 valence electrons. The molecule has 0 bridgehead atoms. The van der Waals surface area contributed by atoms with Crippen molar-refractivity contribution in [1.82, 2.24) is 0 Å². The molecule has 0 spiro atoms. The minimum Gasteiger partial charge on any atom is -0.489 e. The van der Waals surface area contributed by atoms with Crippen LogP contribution in [0.25, 0.3) is 0 Å². The first-order chi connectivity index (χ1) is 9.72. The van der Waals surface area contributed by atoms with Crippen molar-refractivity contribution in [2.75, 3.05) is 5.32 Å². The average Bonchev–Trinajstić information content (AvgIpc) is 2.46. The molecule has 1 aliphatic rings. The highest BCUT2D eigenvalue weighted by Gasteiger charge is 2.15. The van der Waals surface area contributed by atoms with Gasteiger partial charge in [0.2, 0.25) is 5.91 Å². The molecule has 0 aromatic heterocycles. The number of anilines is 1. The molecular weight excluding hydrogens is 257 g/mol. The highest BCUT2D eigenvalue weighted by atomic mass is 19.1. The predicted molar refractivity (Wildman–Crippen MR) is 74.1 cm³/mol. The lowest BCUT2D eigenvalue weighted by Gasteiger charge is -2.17. The van der Waals surface area contributed by atoms with Gasteiger partial charge in [-0.15, -0.1) is 0 Å². The summed E-state index contributed by atoms with van der Waals surface area (Å²) in [6.45, 7) is 0.166. The standard InChI is InChI=1S/C16H14FNO2/c17-14-4-2-1-3-12(14)10-20-13-7-5-11-6-8-16(19)18-15(11)9-13/h1-5,7,9H,6,8,10H2,(H,18,19). The van der Waals surface area contributed by atoms with E-state index >= 15 is 0 Å². The van der Waals surface area contributed by atoms with E-state index in [1.807, 2.05) is 12.1 Å². The monoisotopic (exact) mass is 271 g/mol. The molecule has 0 unspecified atom stereocenters. The summed E-state index contributed by atoms with van der Waals surface area (Å²) in [6, 6.07) is 12.1. The molecule has 1 amide bonds. The maximum Gasteiger partial charge on any atom is 0.224 e. The Hall–Kier alpha value is -2.36. The predicted octanol–water partition coefficient (Wildman–Crippen LogP) is 3.29. The Balaban J connectivity index is 1.74. The molecule has 0 radical (unpaired) electrons. The summed E-state index contributed by atoms with van der Waals surface area (Å²) in [7, 11) is 0. The van der Waals surface area contributed by atoms with Crippen molar-refractivity contribution in [2.45, 2.75) is 19.4 Å². The molecule has 1 N–H and O–H groups in total. The fourth-order valence-corrected chi connectivity index (χ4v) is 2.22. The van der Waals surface area contributed by atoms with Crippen LogP contribution in [0.5, 0.6) is 5.75 Å². The van der Waals surface area contributed by atoms with E-state index in [0.29, 0.717) is 17.7 Å². The van der Waals surface area contributed by atoms with E-state index in [9.17, 15) is 9.18 Å². The SMILES string of the molecule is O=C1CCc2ccc(OCc3ccccc3F)cc2N1. The molecular formula is C16H14FNO2. The van der Waals surface area contributed by atoms with Crippen LogP contribution in [0.4, 0.5) is 10.1 Å². The number of benzene rings is 2. The number of rotatable bonds is 3. The van der Waals surface area contributed by atoms with E-state index in [-0.39, 0.29) is 18.3 Å².